The minimum absolute atomic E-state index is 0.0664. The zero-order valence-corrected chi connectivity index (χ0v) is 15.8. The molecule has 0 saturated carbocycles. The van der Waals surface area contributed by atoms with Crippen LogP contribution in [0.25, 0.3) is 22.8 Å². The van der Waals surface area contributed by atoms with E-state index in [0.29, 0.717) is 0 Å². The summed E-state index contributed by atoms with van der Waals surface area (Å²) in [5, 5.41) is 102. The van der Waals surface area contributed by atoms with Gasteiger partial charge in [-0.15, -0.1) is 6.58 Å². The van der Waals surface area contributed by atoms with Crippen molar-refractivity contribution in [2.45, 2.75) is 0 Å². The van der Waals surface area contributed by atoms with E-state index in [4.69, 9.17) is 0 Å². The molecule has 0 saturated heterocycles. The summed E-state index contributed by atoms with van der Waals surface area (Å²) in [6, 6.07) is 0. The largest absolute Gasteiger partial charge is 0.504 e. The average Bonchev–Trinajstić information content (AvgIpc) is 2.77. The normalized spacial score (nSPS) is 10.8. The fourth-order valence-corrected chi connectivity index (χ4v) is 2.64. The summed E-state index contributed by atoms with van der Waals surface area (Å²) in [6.07, 6.45) is 1.39. The topological polar surface area (TPSA) is 253 Å². The van der Waals surface area contributed by atoms with Crippen LogP contribution < -0.4 is 5.32 Å². The first-order valence-electron chi connectivity index (χ1n) is 8.50. The van der Waals surface area contributed by atoms with Gasteiger partial charge in [0.2, 0.25) is 40.4 Å². The summed E-state index contributed by atoms with van der Waals surface area (Å²) in [5.74, 6) is -13.5. The predicted octanol–water partition coefficient (Wildman–Crippen LogP) is 0.859. The van der Waals surface area contributed by atoms with Crippen LogP contribution in [-0.2, 0) is 0 Å². The van der Waals surface area contributed by atoms with E-state index in [9.17, 15) is 51.1 Å². The summed E-state index contributed by atoms with van der Waals surface area (Å²) < 4.78 is 0. The second kappa shape index (κ2) is 7.67. The molecule has 14 heteroatoms. The zero-order chi connectivity index (χ0) is 23.9. The number of rotatable bonds is 5. The maximum absolute atomic E-state index is 10.2. The van der Waals surface area contributed by atoms with Crippen molar-refractivity contribution >= 4 is 5.95 Å². The van der Waals surface area contributed by atoms with Crippen molar-refractivity contribution in [3.05, 3.63) is 12.7 Å². The highest BCUT2D eigenvalue weighted by Gasteiger charge is 2.30. The number of anilines is 1. The van der Waals surface area contributed by atoms with Crippen LogP contribution in [0.15, 0.2) is 12.7 Å². The van der Waals surface area contributed by atoms with Gasteiger partial charge >= 0.3 is 0 Å². The van der Waals surface area contributed by atoms with E-state index < -0.39 is 80.3 Å². The lowest BCUT2D eigenvalue weighted by atomic mass is 10.1. The molecule has 1 aromatic heterocycles. The van der Waals surface area contributed by atoms with Crippen LogP contribution in [0, 0.1) is 0 Å². The van der Waals surface area contributed by atoms with Gasteiger partial charge in [0.25, 0.3) is 0 Å². The van der Waals surface area contributed by atoms with Crippen LogP contribution in [0.5, 0.6) is 57.5 Å². The van der Waals surface area contributed by atoms with E-state index in [-0.39, 0.29) is 12.5 Å². The van der Waals surface area contributed by atoms with E-state index in [0.717, 1.165) is 0 Å². The molecule has 0 atom stereocenters. The van der Waals surface area contributed by atoms with Gasteiger partial charge in [-0.2, -0.15) is 9.97 Å². The number of phenols is 10. The SMILES string of the molecule is C=CCNc1nc(-c2c(O)c(O)c(O)c(O)c2O)nc(-c2c(O)c(O)c(O)c(O)c2O)n1. The molecule has 0 amide bonds. The molecular weight excluding hydrogens is 432 g/mol. The Morgan fingerprint density at radius 2 is 0.844 bits per heavy atom. The first-order valence-corrected chi connectivity index (χ1v) is 8.50. The van der Waals surface area contributed by atoms with Crippen LogP contribution in [0.2, 0.25) is 0 Å². The second-order valence-electron chi connectivity index (χ2n) is 6.21. The summed E-state index contributed by atoms with van der Waals surface area (Å²) in [7, 11) is 0. The van der Waals surface area contributed by atoms with Gasteiger partial charge in [0, 0.05) is 6.54 Å². The summed E-state index contributed by atoms with van der Waals surface area (Å²) in [5.41, 5.74) is -1.57. The third kappa shape index (κ3) is 3.20. The quantitative estimate of drug-likeness (QED) is 0.147. The maximum atomic E-state index is 10.2. The highest BCUT2D eigenvalue weighted by Crippen LogP contribution is 2.56. The number of phenolic OH excluding ortho intramolecular Hbond substituents is 10. The van der Waals surface area contributed by atoms with Gasteiger partial charge < -0.3 is 56.4 Å². The number of aromatic hydroxyl groups is 10. The van der Waals surface area contributed by atoms with E-state index in [2.05, 4.69) is 26.8 Å². The van der Waals surface area contributed by atoms with E-state index in [1.54, 1.807) is 0 Å². The van der Waals surface area contributed by atoms with Gasteiger partial charge in [-0.05, 0) is 0 Å². The molecule has 3 rings (SSSR count). The minimum atomic E-state index is -1.23. The van der Waals surface area contributed by atoms with E-state index in [1.165, 1.54) is 6.08 Å². The number of hydrogen-bond acceptors (Lipinski definition) is 14. The third-order valence-electron chi connectivity index (χ3n) is 4.23. The molecule has 11 N–H and O–H groups in total. The molecule has 0 bridgehead atoms. The van der Waals surface area contributed by atoms with Crippen molar-refractivity contribution in [2.24, 2.45) is 0 Å². The number of benzene rings is 2. The van der Waals surface area contributed by atoms with Gasteiger partial charge in [-0.1, -0.05) is 6.08 Å². The molecule has 0 radical (unpaired) electrons. The standard InChI is InChI=1S/C18H16N4O10/c1-2-3-19-18-21-16(4-6(23)10(27)14(31)11(28)7(4)24)20-17(22-18)5-8(25)12(29)15(32)13(30)9(5)26/h2,23-32H,1,3H2,(H,19,20,21,22). The molecule has 0 unspecified atom stereocenters. The summed E-state index contributed by atoms with van der Waals surface area (Å²) >= 11 is 0. The highest BCUT2D eigenvalue weighted by atomic mass is 16.4. The Morgan fingerprint density at radius 1 is 0.531 bits per heavy atom. The molecule has 2 aromatic carbocycles. The number of aromatic nitrogens is 3. The molecule has 0 aliphatic carbocycles. The molecule has 0 spiro atoms. The van der Waals surface area contributed by atoms with Gasteiger partial charge in [-0.3, -0.25) is 0 Å². The molecule has 32 heavy (non-hydrogen) atoms. The van der Waals surface area contributed by atoms with Crippen LogP contribution in [0.1, 0.15) is 0 Å². The monoisotopic (exact) mass is 448 g/mol. The summed E-state index contributed by atoms with van der Waals surface area (Å²) in [4.78, 5) is 11.6. The van der Waals surface area contributed by atoms with Crippen LogP contribution in [-0.4, -0.2) is 72.6 Å². The number of hydrogen-bond donors (Lipinski definition) is 11. The number of nitrogens with zero attached hydrogens (tertiary/aromatic N) is 3. The fourth-order valence-electron chi connectivity index (χ4n) is 2.64. The van der Waals surface area contributed by atoms with Gasteiger partial charge in [-0.25, -0.2) is 4.98 Å². The molecule has 14 nitrogen and oxygen atoms in total. The maximum Gasteiger partial charge on any atom is 0.227 e. The molecule has 168 valence electrons. The van der Waals surface area contributed by atoms with E-state index in [1.807, 2.05) is 0 Å². The van der Waals surface area contributed by atoms with Crippen molar-refractivity contribution in [3.63, 3.8) is 0 Å². The molecule has 0 aliphatic rings. The first kappa shape index (κ1) is 21.7. The molecule has 0 aliphatic heterocycles. The minimum Gasteiger partial charge on any atom is -0.504 e. The Balaban J connectivity index is 2.39. The third-order valence-corrected chi connectivity index (χ3v) is 4.23. The van der Waals surface area contributed by atoms with Crippen molar-refractivity contribution < 1.29 is 51.1 Å². The van der Waals surface area contributed by atoms with Gasteiger partial charge in [0.1, 0.15) is 11.1 Å². The second-order valence-corrected chi connectivity index (χ2v) is 6.21. The van der Waals surface area contributed by atoms with Crippen molar-refractivity contribution in [1.29, 1.82) is 0 Å². The summed E-state index contributed by atoms with van der Waals surface area (Å²) in [6.45, 7) is 3.54. The lowest BCUT2D eigenvalue weighted by Crippen LogP contribution is -2.07. The Kier molecular flexibility index (Phi) is 5.20. The molecule has 0 fully saturated rings. The molecular formula is C18H16N4O10. The molecule has 3 aromatic rings. The lowest BCUT2D eigenvalue weighted by molar-refractivity contribution is 0.329. The van der Waals surface area contributed by atoms with E-state index >= 15 is 0 Å². The lowest BCUT2D eigenvalue weighted by Gasteiger charge is -2.15. The zero-order valence-electron chi connectivity index (χ0n) is 15.8. The smallest absolute Gasteiger partial charge is 0.227 e. The highest BCUT2D eigenvalue weighted by molar-refractivity contribution is 5.85. The van der Waals surface area contributed by atoms with Crippen molar-refractivity contribution in [3.8, 4) is 80.3 Å². The first-order chi connectivity index (χ1) is 15.0. The van der Waals surface area contributed by atoms with Crippen LogP contribution in [0.4, 0.5) is 5.95 Å². The Morgan fingerprint density at radius 3 is 1.16 bits per heavy atom. The van der Waals surface area contributed by atoms with Crippen LogP contribution in [0.3, 0.4) is 0 Å². The molecule has 1 heterocycles. The van der Waals surface area contributed by atoms with Crippen LogP contribution >= 0.6 is 0 Å². The van der Waals surface area contributed by atoms with Crippen molar-refractivity contribution in [2.75, 3.05) is 11.9 Å². The van der Waals surface area contributed by atoms with Gasteiger partial charge in [0.05, 0.1) is 0 Å². The Bertz CT molecular complexity index is 1120. The number of nitrogens with one attached hydrogen (secondary N) is 1. The Hall–Kier alpha value is -5.01. The average molecular weight is 448 g/mol. The van der Waals surface area contributed by atoms with Gasteiger partial charge in [0.15, 0.2) is 34.6 Å². The van der Waals surface area contributed by atoms with Crippen molar-refractivity contribution in [1.82, 2.24) is 15.0 Å². The Labute approximate surface area is 177 Å². The predicted molar refractivity (Wildman–Crippen MR) is 106 cm³/mol. The fraction of sp³-hybridized carbons (Fsp3) is 0.0556.